The first-order chi connectivity index (χ1) is 4.13. The topological polar surface area (TPSA) is 63.6 Å². The van der Waals surface area contributed by atoms with E-state index < -0.39 is 17.7 Å². The van der Waals surface area contributed by atoms with Gasteiger partial charge < -0.3 is 9.84 Å². The number of carbonyl (C=O) groups excluding carboxylic acids is 2. The molecule has 0 saturated heterocycles. The Labute approximate surface area is 50.7 Å². The summed E-state index contributed by atoms with van der Waals surface area (Å²) in [5.41, 5.74) is -0.0278. The highest BCUT2D eigenvalue weighted by Gasteiger charge is 2.29. The molecule has 0 radical (unpaired) electrons. The minimum Gasteiger partial charge on any atom is -0.501 e. The van der Waals surface area contributed by atoms with Crippen LogP contribution in [0.3, 0.4) is 0 Å². The Kier molecular flexibility index (Phi) is 1.02. The molecule has 0 aromatic heterocycles. The number of ether oxygens (including phenoxy) is 1. The van der Waals surface area contributed by atoms with Crippen LogP contribution in [-0.4, -0.2) is 17.0 Å². The molecule has 0 aromatic carbocycles. The molecule has 0 spiro atoms. The number of aliphatic hydroxyl groups excluding tert-OH is 1. The third kappa shape index (κ3) is 0.679. The molecule has 4 nitrogen and oxygen atoms in total. The van der Waals surface area contributed by atoms with Crippen LogP contribution in [-0.2, 0) is 14.3 Å². The van der Waals surface area contributed by atoms with E-state index in [1.165, 1.54) is 6.92 Å². The molecule has 0 unspecified atom stereocenters. The predicted molar refractivity (Wildman–Crippen MR) is 26.4 cm³/mol. The smallest absolute Gasteiger partial charge is 0.381 e. The zero-order valence-corrected chi connectivity index (χ0v) is 4.67. The molecular formula is C5H4O4. The van der Waals surface area contributed by atoms with Crippen molar-refractivity contribution in [1.82, 2.24) is 0 Å². The van der Waals surface area contributed by atoms with Gasteiger partial charge in [0.2, 0.25) is 5.76 Å². The van der Waals surface area contributed by atoms with Crippen molar-refractivity contribution in [1.29, 1.82) is 0 Å². The van der Waals surface area contributed by atoms with E-state index in [-0.39, 0.29) is 5.57 Å². The molecule has 9 heavy (non-hydrogen) atoms. The molecule has 0 saturated carbocycles. The highest BCUT2D eigenvalue weighted by molar-refractivity contribution is 6.10. The average molecular weight is 128 g/mol. The standard InChI is InChI=1S/C5H4O4/c1-2-3(6)5(8)9-4(2)7/h6H,1H3. The summed E-state index contributed by atoms with van der Waals surface area (Å²) < 4.78 is 3.98. The Hall–Kier alpha value is -1.32. The maximum atomic E-state index is 10.3. The second-order valence-corrected chi connectivity index (χ2v) is 1.65. The van der Waals surface area contributed by atoms with Crippen molar-refractivity contribution >= 4 is 11.9 Å². The molecule has 0 atom stereocenters. The molecule has 0 fully saturated rings. The summed E-state index contributed by atoms with van der Waals surface area (Å²) in [5.74, 6) is -2.31. The first kappa shape index (κ1) is 5.81. The molecule has 0 aromatic rings. The van der Waals surface area contributed by atoms with E-state index in [2.05, 4.69) is 4.74 Å². The summed E-state index contributed by atoms with van der Waals surface area (Å²) >= 11 is 0. The van der Waals surface area contributed by atoms with Crippen molar-refractivity contribution in [2.75, 3.05) is 0 Å². The van der Waals surface area contributed by atoms with Crippen LogP contribution in [0.5, 0.6) is 0 Å². The summed E-state index contributed by atoms with van der Waals surface area (Å²) in [4.78, 5) is 20.6. The number of aliphatic hydroxyl groups is 1. The number of rotatable bonds is 0. The lowest BCUT2D eigenvalue weighted by molar-refractivity contribution is -0.152. The maximum Gasteiger partial charge on any atom is 0.381 e. The summed E-state index contributed by atoms with van der Waals surface area (Å²) in [5, 5.41) is 8.62. The number of cyclic esters (lactones) is 2. The Morgan fingerprint density at radius 1 is 1.33 bits per heavy atom. The molecule has 0 bridgehead atoms. The largest absolute Gasteiger partial charge is 0.501 e. The first-order valence-corrected chi connectivity index (χ1v) is 2.29. The van der Waals surface area contributed by atoms with E-state index in [0.717, 1.165) is 0 Å². The van der Waals surface area contributed by atoms with Crippen molar-refractivity contribution < 1.29 is 19.4 Å². The van der Waals surface area contributed by atoms with Gasteiger partial charge in [0.15, 0.2) is 0 Å². The van der Waals surface area contributed by atoms with Crippen LogP contribution in [0.2, 0.25) is 0 Å². The second-order valence-electron chi connectivity index (χ2n) is 1.65. The van der Waals surface area contributed by atoms with Gasteiger partial charge in [0.1, 0.15) is 0 Å². The Morgan fingerprint density at radius 3 is 2.00 bits per heavy atom. The summed E-state index contributed by atoms with van der Waals surface area (Å²) in [6.07, 6.45) is 0. The molecule has 0 aliphatic carbocycles. The number of hydrogen-bond acceptors (Lipinski definition) is 4. The van der Waals surface area contributed by atoms with Crippen LogP contribution in [0, 0.1) is 0 Å². The first-order valence-electron chi connectivity index (χ1n) is 2.29. The fraction of sp³-hybridized carbons (Fsp3) is 0.200. The fourth-order valence-corrected chi connectivity index (χ4v) is 0.459. The van der Waals surface area contributed by atoms with Gasteiger partial charge in [-0.2, -0.15) is 0 Å². The third-order valence-electron chi connectivity index (χ3n) is 1.04. The van der Waals surface area contributed by atoms with E-state index in [1.54, 1.807) is 0 Å². The van der Waals surface area contributed by atoms with Gasteiger partial charge >= 0.3 is 11.9 Å². The lowest BCUT2D eigenvalue weighted by Crippen LogP contribution is -2.01. The molecular weight excluding hydrogens is 124 g/mol. The van der Waals surface area contributed by atoms with Crippen LogP contribution in [0.15, 0.2) is 11.3 Å². The molecule has 0 amide bonds. The molecule has 1 N–H and O–H groups in total. The van der Waals surface area contributed by atoms with Gasteiger partial charge in [-0.05, 0) is 6.92 Å². The molecule has 48 valence electrons. The summed E-state index contributed by atoms with van der Waals surface area (Å²) in [7, 11) is 0. The highest BCUT2D eigenvalue weighted by atomic mass is 16.6. The van der Waals surface area contributed by atoms with Crippen molar-refractivity contribution in [2.45, 2.75) is 6.92 Å². The minimum atomic E-state index is -0.961. The second kappa shape index (κ2) is 1.58. The lowest BCUT2D eigenvalue weighted by atomic mass is 10.3. The monoisotopic (exact) mass is 128 g/mol. The van der Waals surface area contributed by atoms with Gasteiger partial charge in [-0.25, -0.2) is 9.59 Å². The van der Waals surface area contributed by atoms with Crippen LogP contribution in [0.25, 0.3) is 0 Å². The van der Waals surface area contributed by atoms with Gasteiger partial charge in [0.05, 0.1) is 5.57 Å². The molecule has 1 aliphatic rings. The van der Waals surface area contributed by atoms with Crippen LogP contribution in [0.1, 0.15) is 6.92 Å². The van der Waals surface area contributed by atoms with E-state index in [9.17, 15) is 9.59 Å². The fourth-order valence-electron chi connectivity index (χ4n) is 0.459. The number of carbonyl (C=O) groups is 2. The van der Waals surface area contributed by atoms with Crippen LogP contribution in [0.4, 0.5) is 0 Å². The Bertz CT molecular complexity index is 191. The average Bonchev–Trinajstić information content (AvgIpc) is 1.98. The third-order valence-corrected chi connectivity index (χ3v) is 1.04. The van der Waals surface area contributed by atoms with Crippen LogP contribution < -0.4 is 0 Å². The van der Waals surface area contributed by atoms with E-state index >= 15 is 0 Å². The van der Waals surface area contributed by atoms with Gasteiger partial charge in [-0.15, -0.1) is 0 Å². The van der Waals surface area contributed by atoms with E-state index in [4.69, 9.17) is 5.11 Å². The minimum absolute atomic E-state index is 0.0278. The zero-order valence-electron chi connectivity index (χ0n) is 4.67. The molecule has 1 aliphatic heterocycles. The summed E-state index contributed by atoms with van der Waals surface area (Å²) in [6.45, 7) is 1.32. The Morgan fingerprint density at radius 2 is 1.89 bits per heavy atom. The molecule has 1 heterocycles. The van der Waals surface area contributed by atoms with Gasteiger partial charge in [-0.1, -0.05) is 0 Å². The highest BCUT2D eigenvalue weighted by Crippen LogP contribution is 2.12. The van der Waals surface area contributed by atoms with Crippen LogP contribution >= 0.6 is 0 Å². The molecule has 4 heteroatoms. The SMILES string of the molecule is CC1=C(O)C(=O)OC1=O. The van der Waals surface area contributed by atoms with Crippen molar-refractivity contribution in [3.63, 3.8) is 0 Å². The Balaban J connectivity index is 3.06. The number of hydrogen-bond donors (Lipinski definition) is 1. The maximum absolute atomic E-state index is 10.3. The van der Waals surface area contributed by atoms with E-state index in [0.29, 0.717) is 0 Å². The van der Waals surface area contributed by atoms with Crippen molar-refractivity contribution in [2.24, 2.45) is 0 Å². The van der Waals surface area contributed by atoms with Gasteiger partial charge in [-0.3, -0.25) is 0 Å². The number of esters is 2. The predicted octanol–water partition coefficient (Wildman–Crippen LogP) is -0.0982. The quantitative estimate of drug-likeness (QED) is 0.365. The van der Waals surface area contributed by atoms with E-state index in [1.807, 2.05) is 0 Å². The van der Waals surface area contributed by atoms with Crippen molar-refractivity contribution in [3.8, 4) is 0 Å². The zero-order chi connectivity index (χ0) is 7.02. The van der Waals surface area contributed by atoms with Crippen molar-refractivity contribution in [3.05, 3.63) is 11.3 Å². The molecule has 1 rings (SSSR count). The summed E-state index contributed by atoms with van der Waals surface area (Å²) in [6, 6.07) is 0. The van der Waals surface area contributed by atoms with Gasteiger partial charge in [0.25, 0.3) is 0 Å². The lowest BCUT2D eigenvalue weighted by Gasteiger charge is -1.83. The van der Waals surface area contributed by atoms with Gasteiger partial charge in [0, 0.05) is 0 Å². The normalized spacial score (nSPS) is 18.8.